The average Bonchev–Trinajstić information content (AvgIpc) is 3.33. The first-order chi connectivity index (χ1) is 20.9. The zero-order valence-electron chi connectivity index (χ0n) is 24.0. The van der Waals surface area contributed by atoms with Gasteiger partial charge in [0.05, 0.1) is 32.5 Å². The number of aliphatic hydroxyl groups excluding tert-OH is 5. The lowest BCUT2D eigenvalue weighted by atomic mass is 9.92. The van der Waals surface area contributed by atoms with Crippen LogP contribution in [0, 0.1) is 0 Å². The smallest absolute Gasteiger partial charge is 0.115 e. The molecule has 1 aliphatic heterocycles. The summed E-state index contributed by atoms with van der Waals surface area (Å²) >= 11 is 0. The number of benzene rings is 3. The van der Waals surface area contributed by atoms with Crippen molar-refractivity contribution in [2.24, 2.45) is 0 Å². The largest absolute Gasteiger partial charge is 0.394 e. The monoisotopic (exact) mass is 594 g/mol. The molecule has 4 rings (SSSR count). The fourth-order valence-corrected chi connectivity index (χ4v) is 5.19. The van der Waals surface area contributed by atoms with Crippen LogP contribution in [0.2, 0.25) is 0 Å². The molecular formula is C34H42O9. The minimum absolute atomic E-state index is 0.0610. The van der Waals surface area contributed by atoms with Gasteiger partial charge in [-0.2, -0.15) is 0 Å². The van der Waals surface area contributed by atoms with Crippen LogP contribution in [0.25, 0.3) is 0 Å². The Morgan fingerprint density at radius 3 is 1.53 bits per heavy atom. The summed E-state index contributed by atoms with van der Waals surface area (Å²) in [5.41, 5.74) is 2.53. The van der Waals surface area contributed by atoms with Crippen LogP contribution in [0.15, 0.2) is 104 Å². The molecule has 5 N–H and O–H groups in total. The Morgan fingerprint density at radius 1 is 0.674 bits per heavy atom. The molecule has 0 spiro atoms. The number of aliphatic hydroxyl groups is 5. The Bertz CT molecular complexity index is 1200. The van der Waals surface area contributed by atoms with E-state index in [4.69, 9.17) is 18.9 Å². The van der Waals surface area contributed by atoms with E-state index in [1.165, 1.54) is 0 Å². The maximum atomic E-state index is 11.8. The van der Waals surface area contributed by atoms with Crippen molar-refractivity contribution < 1.29 is 44.5 Å². The van der Waals surface area contributed by atoms with Crippen molar-refractivity contribution in [3.05, 3.63) is 120 Å². The maximum Gasteiger partial charge on any atom is 0.115 e. The highest BCUT2D eigenvalue weighted by Gasteiger charge is 2.51. The van der Waals surface area contributed by atoms with E-state index >= 15 is 0 Å². The minimum Gasteiger partial charge on any atom is -0.394 e. The first-order valence-corrected chi connectivity index (χ1v) is 14.5. The number of rotatable bonds is 17. The van der Waals surface area contributed by atoms with Crippen LogP contribution in [0.1, 0.15) is 23.1 Å². The zero-order valence-corrected chi connectivity index (χ0v) is 24.0. The van der Waals surface area contributed by atoms with Gasteiger partial charge in [0.25, 0.3) is 0 Å². The molecule has 1 aliphatic rings. The Labute approximate surface area is 252 Å². The standard InChI is InChI=1S/C34H42O9/c1-2-12-26(36)31(40-20-23-13-6-3-7-14-23)34(42-22-25-17-10-5-11-18-25)33(41-21-24-15-8-4-9-16-24)30(39)32-29(38)28(37)27(19-35)43-32/h2-11,13-18,26-39H,1,12,19-22H2/t26?,27-,28-,29-,30?,31-,32-,33+,34-/m1/s1. The lowest BCUT2D eigenvalue weighted by molar-refractivity contribution is -0.218. The van der Waals surface area contributed by atoms with Gasteiger partial charge in [0.1, 0.15) is 48.8 Å². The second kappa shape index (κ2) is 16.8. The number of ether oxygens (including phenoxy) is 4. The van der Waals surface area contributed by atoms with Gasteiger partial charge in [0.15, 0.2) is 0 Å². The van der Waals surface area contributed by atoms with E-state index in [1.807, 2.05) is 91.0 Å². The first-order valence-electron chi connectivity index (χ1n) is 14.5. The minimum atomic E-state index is -1.55. The van der Waals surface area contributed by atoms with Crippen LogP contribution in [-0.2, 0) is 38.8 Å². The average molecular weight is 595 g/mol. The van der Waals surface area contributed by atoms with Crippen molar-refractivity contribution in [2.75, 3.05) is 6.61 Å². The van der Waals surface area contributed by atoms with Crippen LogP contribution in [0.3, 0.4) is 0 Å². The van der Waals surface area contributed by atoms with Crippen molar-refractivity contribution in [2.45, 2.75) is 81.2 Å². The van der Waals surface area contributed by atoms with E-state index in [2.05, 4.69) is 6.58 Å². The van der Waals surface area contributed by atoms with Crippen molar-refractivity contribution in [1.29, 1.82) is 0 Å². The van der Waals surface area contributed by atoms with Crippen LogP contribution >= 0.6 is 0 Å². The normalized spacial score (nSPS) is 23.7. The molecule has 1 fully saturated rings. The fourth-order valence-electron chi connectivity index (χ4n) is 5.19. The highest BCUT2D eigenvalue weighted by atomic mass is 16.6. The topological polar surface area (TPSA) is 138 Å². The summed E-state index contributed by atoms with van der Waals surface area (Å²) in [5, 5.41) is 54.0. The molecule has 0 aliphatic carbocycles. The third kappa shape index (κ3) is 9.02. The predicted molar refractivity (Wildman–Crippen MR) is 160 cm³/mol. The predicted octanol–water partition coefficient (Wildman–Crippen LogP) is 2.52. The first kappa shape index (κ1) is 32.9. The van der Waals surface area contributed by atoms with Crippen molar-refractivity contribution >= 4 is 0 Å². The Morgan fingerprint density at radius 2 is 1.12 bits per heavy atom. The molecule has 0 amide bonds. The molecule has 0 bridgehead atoms. The Kier molecular flexibility index (Phi) is 12.8. The van der Waals surface area contributed by atoms with Gasteiger partial charge in [0.2, 0.25) is 0 Å². The van der Waals surface area contributed by atoms with Crippen LogP contribution < -0.4 is 0 Å². The van der Waals surface area contributed by atoms with Crippen LogP contribution in [0.5, 0.6) is 0 Å². The molecule has 3 aromatic rings. The summed E-state index contributed by atoms with van der Waals surface area (Å²) < 4.78 is 24.8. The van der Waals surface area contributed by atoms with Crippen molar-refractivity contribution in [1.82, 2.24) is 0 Å². The summed E-state index contributed by atoms with van der Waals surface area (Å²) in [5.74, 6) is 0. The van der Waals surface area contributed by atoms with Gasteiger partial charge in [0, 0.05) is 0 Å². The molecule has 43 heavy (non-hydrogen) atoms. The van der Waals surface area contributed by atoms with Gasteiger partial charge in [-0.05, 0) is 23.1 Å². The summed E-state index contributed by atoms with van der Waals surface area (Å²) in [6, 6.07) is 28.2. The molecule has 3 aromatic carbocycles. The van der Waals surface area contributed by atoms with E-state index in [0.29, 0.717) is 0 Å². The molecule has 9 heteroatoms. The molecule has 0 aromatic heterocycles. The second-order valence-corrected chi connectivity index (χ2v) is 10.7. The van der Waals surface area contributed by atoms with Gasteiger partial charge in [-0.15, -0.1) is 6.58 Å². The van der Waals surface area contributed by atoms with Crippen molar-refractivity contribution in [3.8, 4) is 0 Å². The number of hydrogen-bond acceptors (Lipinski definition) is 9. The Balaban J connectivity index is 1.70. The van der Waals surface area contributed by atoms with E-state index in [9.17, 15) is 25.5 Å². The third-order valence-electron chi connectivity index (χ3n) is 7.54. The van der Waals surface area contributed by atoms with Crippen molar-refractivity contribution in [3.63, 3.8) is 0 Å². The zero-order chi connectivity index (χ0) is 30.6. The lowest BCUT2D eigenvalue weighted by Gasteiger charge is -2.39. The van der Waals surface area contributed by atoms with Gasteiger partial charge in [-0.3, -0.25) is 0 Å². The highest BCUT2D eigenvalue weighted by molar-refractivity contribution is 5.16. The SMILES string of the molecule is C=CCC(O)[C@@H](OCc1ccccc1)[C@@H](OCc1ccccc1)[C@@H](OCc1ccccc1)C(O)[C@@H]1O[C@H](CO)[C@@H](O)[C@H]1O. The van der Waals surface area contributed by atoms with Gasteiger partial charge in [-0.1, -0.05) is 97.1 Å². The summed E-state index contributed by atoms with van der Waals surface area (Å²) in [7, 11) is 0. The third-order valence-corrected chi connectivity index (χ3v) is 7.54. The molecule has 9 nitrogen and oxygen atoms in total. The summed E-state index contributed by atoms with van der Waals surface area (Å²) in [6.45, 7) is 3.52. The molecule has 1 saturated heterocycles. The van der Waals surface area contributed by atoms with Crippen LogP contribution in [0.4, 0.5) is 0 Å². The molecular weight excluding hydrogens is 552 g/mol. The van der Waals surface area contributed by atoms with E-state index in [1.54, 1.807) is 6.08 Å². The van der Waals surface area contributed by atoms with Crippen LogP contribution in [-0.4, -0.2) is 87.1 Å². The molecule has 0 radical (unpaired) electrons. The van der Waals surface area contributed by atoms with E-state index < -0.39 is 61.5 Å². The molecule has 232 valence electrons. The van der Waals surface area contributed by atoms with Gasteiger partial charge >= 0.3 is 0 Å². The second-order valence-electron chi connectivity index (χ2n) is 10.7. The molecule has 1 heterocycles. The quantitative estimate of drug-likeness (QED) is 0.149. The maximum absolute atomic E-state index is 11.8. The number of hydrogen-bond donors (Lipinski definition) is 5. The van der Waals surface area contributed by atoms with Gasteiger partial charge < -0.3 is 44.5 Å². The van der Waals surface area contributed by atoms with E-state index in [0.717, 1.165) is 16.7 Å². The lowest BCUT2D eigenvalue weighted by Crippen LogP contribution is -2.57. The van der Waals surface area contributed by atoms with E-state index in [-0.39, 0.29) is 26.2 Å². The van der Waals surface area contributed by atoms with Gasteiger partial charge in [-0.25, -0.2) is 0 Å². The fraction of sp³-hybridized carbons (Fsp3) is 0.412. The summed E-state index contributed by atoms with van der Waals surface area (Å²) in [4.78, 5) is 0. The highest BCUT2D eigenvalue weighted by Crippen LogP contribution is 2.30. The Hall–Kier alpha value is -2.96. The molecule has 2 unspecified atom stereocenters. The molecule has 0 saturated carbocycles. The summed E-state index contributed by atoms with van der Waals surface area (Å²) in [6.07, 6.45) is -9.56. The molecule has 9 atom stereocenters.